The number of ether oxygens (including phenoxy) is 1. The SMILES string of the molecule is Cc1cnc(CNC2CCC3(CC2)CCN(C2=CC(=O)OC2)C3=O)cn1. The lowest BCUT2D eigenvalue weighted by atomic mass is 9.71. The van der Waals surface area contributed by atoms with Crippen molar-refractivity contribution < 1.29 is 14.3 Å². The van der Waals surface area contributed by atoms with Gasteiger partial charge < -0.3 is 15.0 Å². The number of nitrogens with one attached hydrogen (secondary N) is 1. The average Bonchev–Trinajstić information content (AvgIpc) is 3.20. The Morgan fingerprint density at radius 3 is 2.69 bits per heavy atom. The lowest BCUT2D eigenvalue weighted by molar-refractivity contribution is -0.138. The highest BCUT2D eigenvalue weighted by Gasteiger charge is 2.49. The summed E-state index contributed by atoms with van der Waals surface area (Å²) in [6, 6.07) is 0.404. The van der Waals surface area contributed by atoms with Crippen molar-refractivity contribution in [3.63, 3.8) is 0 Å². The Morgan fingerprint density at radius 1 is 1.23 bits per heavy atom. The minimum Gasteiger partial charge on any atom is -0.456 e. The zero-order chi connectivity index (χ0) is 18.1. The first kappa shape index (κ1) is 17.1. The zero-order valence-electron chi connectivity index (χ0n) is 15.0. The molecule has 2 aliphatic heterocycles. The van der Waals surface area contributed by atoms with Crippen molar-refractivity contribution in [2.24, 2.45) is 5.41 Å². The van der Waals surface area contributed by atoms with E-state index >= 15 is 0 Å². The molecule has 4 rings (SSSR count). The first-order valence-corrected chi connectivity index (χ1v) is 9.26. The topological polar surface area (TPSA) is 84.4 Å². The lowest BCUT2D eigenvalue weighted by Gasteiger charge is -2.36. The van der Waals surface area contributed by atoms with Gasteiger partial charge in [0.05, 0.1) is 22.5 Å². The van der Waals surface area contributed by atoms with Crippen LogP contribution < -0.4 is 5.32 Å². The molecule has 2 fully saturated rings. The number of aromatic nitrogens is 2. The summed E-state index contributed by atoms with van der Waals surface area (Å²) in [6.45, 7) is 3.55. The summed E-state index contributed by atoms with van der Waals surface area (Å²) in [5, 5.41) is 3.55. The molecule has 1 amide bonds. The van der Waals surface area contributed by atoms with E-state index in [2.05, 4.69) is 15.3 Å². The molecule has 3 aliphatic rings. The molecule has 0 atom stereocenters. The van der Waals surface area contributed by atoms with E-state index < -0.39 is 0 Å². The predicted octanol–water partition coefficient (Wildman–Crippen LogP) is 1.48. The molecular formula is C19H24N4O3. The van der Waals surface area contributed by atoms with Crippen LogP contribution >= 0.6 is 0 Å². The van der Waals surface area contributed by atoms with Crippen LogP contribution in [0, 0.1) is 12.3 Å². The van der Waals surface area contributed by atoms with E-state index in [0.717, 1.165) is 49.2 Å². The Bertz CT molecular complexity index is 736. The Kier molecular flexibility index (Phi) is 4.48. The standard InChI is InChI=1S/C19H24N4O3/c1-13-9-21-15(10-20-13)11-22-14-2-4-19(5-3-14)6-7-23(18(19)25)16-8-17(24)26-12-16/h8-10,14,22H,2-7,11-12H2,1H3. The van der Waals surface area contributed by atoms with Gasteiger partial charge in [0.15, 0.2) is 0 Å². The van der Waals surface area contributed by atoms with Crippen LogP contribution in [-0.4, -0.2) is 45.9 Å². The molecule has 1 saturated carbocycles. The van der Waals surface area contributed by atoms with Crippen LogP contribution in [0.2, 0.25) is 0 Å². The Labute approximate surface area is 152 Å². The average molecular weight is 356 g/mol. The van der Waals surface area contributed by atoms with E-state index in [9.17, 15) is 9.59 Å². The van der Waals surface area contributed by atoms with Gasteiger partial charge in [-0.15, -0.1) is 0 Å². The first-order valence-electron chi connectivity index (χ1n) is 9.26. The van der Waals surface area contributed by atoms with E-state index in [4.69, 9.17) is 4.74 Å². The lowest BCUT2D eigenvalue weighted by Crippen LogP contribution is -2.42. The molecule has 0 bridgehead atoms. The molecule has 7 nitrogen and oxygen atoms in total. The number of hydrogen-bond acceptors (Lipinski definition) is 6. The fourth-order valence-electron chi connectivity index (χ4n) is 4.21. The monoisotopic (exact) mass is 356 g/mol. The third kappa shape index (κ3) is 3.23. The third-order valence-corrected chi connectivity index (χ3v) is 5.86. The minimum absolute atomic E-state index is 0.171. The summed E-state index contributed by atoms with van der Waals surface area (Å²) >= 11 is 0. The van der Waals surface area contributed by atoms with Crippen LogP contribution in [0.5, 0.6) is 0 Å². The van der Waals surface area contributed by atoms with Gasteiger partial charge in [0.1, 0.15) is 6.61 Å². The van der Waals surface area contributed by atoms with Crippen molar-refractivity contribution in [1.29, 1.82) is 0 Å². The second kappa shape index (κ2) is 6.79. The molecule has 1 aromatic rings. The van der Waals surface area contributed by atoms with Gasteiger partial charge in [-0.3, -0.25) is 14.8 Å². The van der Waals surface area contributed by atoms with E-state index in [0.29, 0.717) is 19.1 Å². The van der Waals surface area contributed by atoms with Crippen molar-refractivity contribution in [3.05, 3.63) is 35.6 Å². The Hall–Kier alpha value is -2.28. The molecule has 0 aromatic carbocycles. The highest BCUT2D eigenvalue weighted by Crippen LogP contribution is 2.46. The molecule has 0 radical (unpaired) electrons. The number of hydrogen-bond donors (Lipinski definition) is 1. The number of amides is 1. The Balaban J connectivity index is 1.31. The number of carbonyl (C=O) groups is 2. The maximum atomic E-state index is 13.0. The number of cyclic esters (lactones) is 1. The first-order chi connectivity index (χ1) is 12.6. The van der Waals surface area contributed by atoms with E-state index in [1.807, 2.05) is 13.1 Å². The molecule has 1 aromatic heterocycles. The van der Waals surface area contributed by atoms with E-state index in [1.54, 1.807) is 11.1 Å². The maximum absolute atomic E-state index is 13.0. The largest absolute Gasteiger partial charge is 0.456 e. The molecule has 7 heteroatoms. The summed E-state index contributed by atoms with van der Waals surface area (Å²) in [5.41, 5.74) is 2.32. The van der Waals surface area contributed by atoms with Crippen LogP contribution in [0.3, 0.4) is 0 Å². The Morgan fingerprint density at radius 2 is 2.04 bits per heavy atom. The van der Waals surface area contributed by atoms with Crippen molar-refractivity contribution >= 4 is 11.9 Å². The number of esters is 1. The predicted molar refractivity (Wildman–Crippen MR) is 93.7 cm³/mol. The number of likely N-dealkylation sites (tertiary alicyclic amines) is 1. The fraction of sp³-hybridized carbons (Fsp3) is 0.579. The van der Waals surface area contributed by atoms with E-state index in [-0.39, 0.29) is 23.9 Å². The van der Waals surface area contributed by atoms with Crippen LogP contribution in [0.1, 0.15) is 43.5 Å². The maximum Gasteiger partial charge on any atom is 0.333 e. The molecule has 3 heterocycles. The molecule has 138 valence electrons. The van der Waals surface area contributed by atoms with Gasteiger partial charge in [0.2, 0.25) is 5.91 Å². The van der Waals surface area contributed by atoms with Gasteiger partial charge in [0, 0.05) is 37.6 Å². The van der Waals surface area contributed by atoms with Gasteiger partial charge in [-0.2, -0.15) is 0 Å². The number of nitrogens with zero attached hydrogens (tertiary/aromatic N) is 3. The third-order valence-electron chi connectivity index (χ3n) is 5.86. The van der Waals surface area contributed by atoms with Crippen molar-refractivity contribution in [2.45, 2.75) is 51.6 Å². The molecular weight excluding hydrogens is 332 g/mol. The normalized spacial score (nSPS) is 28.6. The molecule has 0 unspecified atom stereocenters. The minimum atomic E-state index is -0.346. The fourth-order valence-corrected chi connectivity index (χ4v) is 4.21. The van der Waals surface area contributed by atoms with Crippen LogP contribution in [-0.2, 0) is 20.9 Å². The molecule has 1 spiro atoms. The van der Waals surface area contributed by atoms with Crippen LogP contribution in [0.25, 0.3) is 0 Å². The highest BCUT2D eigenvalue weighted by atomic mass is 16.5. The summed E-state index contributed by atoms with van der Waals surface area (Å²) in [5.74, 6) is -0.175. The number of rotatable bonds is 4. The number of carbonyl (C=O) groups excluding carboxylic acids is 2. The summed E-state index contributed by atoms with van der Waals surface area (Å²) in [4.78, 5) is 34.7. The van der Waals surface area contributed by atoms with Crippen molar-refractivity contribution in [1.82, 2.24) is 20.2 Å². The quantitative estimate of drug-likeness (QED) is 0.823. The summed E-state index contributed by atoms with van der Waals surface area (Å²) in [6.07, 6.45) is 9.65. The smallest absolute Gasteiger partial charge is 0.333 e. The van der Waals surface area contributed by atoms with Crippen molar-refractivity contribution in [2.75, 3.05) is 13.2 Å². The van der Waals surface area contributed by atoms with Gasteiger partial charge in [0.25, 0.3) is 0 Å². The summed E-state index contributed by atoms with van der Waals surface area (Å²) in [7, 11) is 0. The molecule has 1 aliphatic carbocycles. The van der Waals surface area contributed by atoms with Gasteiger partial charge >= 0.3 is 5.97 Å². The second-order valence-corrected chi connectivity index (χ2v) is 7.53. The van der Waals surface area contributed by atoms with Gasteiger partial charge in [-0.25, -0.2) is 4.79 Å². The number of aryl methyl sites for hydroxylation is 1. The van der Waals surface area contributed by atoms with Crippen LogP contribution in [0.4, 0.5) is 0 Å². The molecule has 1 N–H and O–H groups in total. The van der Waals surface area contributed by atoms with Gasteiger partial charge in [-0.05, 0) is 39.0 Å². The zero-order valence-corrected chi connectivity index (χ0v) is 15.0. The molecule has 26 heavy (non-hydrogen) atoms. The van der Waals surface area contributed by atoms with Crippen molar-refractivity contribution in [3.8, 4) is 0 Å². The second-order valence-electron chi connectivity index (χ2n) is 7.53. The van der Waals surface area contributed by atoms with Crippen LogP contribution in [0.15, 0.2) is 24.2 Å². The molecule has 1 saturated heterocycles. The van der Waals surface area contributed by atoms with Gasteiger partial charge in [-0.1, -0.05) is 0 Å². The summed E-state index contributed by atoms with van der Waals surface area (Å²) < 4.78 is 4.95. The highest BCUT2D eigenvalue weighted by molar-refractivity contribution is 5.90. The van der Waals surface area contributed by atoms with E-state index in [1.165, 1.54) is 6.08 Å².